The lowest BCUT2D eigenvalue weighted by molar-refractivity contribution is -0.118. The lowest BCUT2D eigenvalue weighted by Crippen LogP contribution is -2.19. The molecule has 3 aromatic rings. The molecule has 0 saturated heterocycles. The van der Waals surface area contributed by atoms with E-state index in [1.807, 2.05) is 44.2 Å². The molecule has 1 heterocycles. The summed E-state index contributed by atoms with van der Waals surface area (Å²) in [5.41, 5.74) is 8.21. The van der Waals surface area contributed by atoms with Gasteiger partial charge >= 0.3 is 0 Å². The van der Waals surface area contributed by atoms with Gasteiger partial charge in [-0.3, -0.25) is 9.48 Å². The number of nitrogens with zero attached hydrogens (tertiary/aromatic N) is 2. The molecular formula is C17H16BrN3O2. The van der Waals surface area contributed by atoms with E-state index in [2.05, 4.69) is 21.0 Å². The highest BCUT2D eigenvalue weighted by Gasteiger charge is 2.12. The molecule has 0 aliphatic carbocycles. The van der Waals surface area contributed by atoms with Crippen LogP contribution in [0.4, 0.5) is 0 Å². The number of fused-ring (bicyclic) bond motifs is 1. The molecule has 0 unspecified atom stereocenters. The number of amides is 1. The van der Waals surface area contributed by atoms with Gasteiger partial charge in [0.1, 0.15) is 18.0 Å². The van der Waals surface area contributed by atoms with Gasteiger partial charge in [0.2, 0.25) is 5.91 Å². The molecular weight excluding hydrogens is 358 g/mol. The quantitative estimate of drug-likeness (QED) is 0.757. The Balaban J connectivity index is 2.02. The molecule has 23 heavy (non-hydrogen) atoms. The van der Waals surface area contributed by atoms with Crippen molar-refractivity contribution < 1.29 is 9.53 Å². The van der Waals surface area contributed by atoms with Crippen LogP contribution in [0, 0.1) is 13.8 Å². The van der Waals surface area contributed by atoms with Crippen molar-refractivity contribution in [2.24, 2.45) is 5.73 Å². The van der Waals surface area contributed by atoms with Crippen LogP contribution in [0.15, 0.2) is 41.0 Å². The monoisotopic (exact) mass is 373 g/mol. The van der Waals surface area contributed by atoms with Gasteiger partial charge in [0.05, 0.1) is 16.2 Å². The van der Waals surface area contributed by atoms with Crippen molar-refractivity contribution in [2.75, 3.05) is 0 Å². The summed E-state index contributed by atoms with van der Waals surface area (Å²) < 4.78 is 8.46. The summed E-state index contributed by atoms with van der Waals surface area (Å²) in [6.07, 6.45) is 1.70. The molecule has 3 rings (SSSR count). The third kappa shape index (κ3) is 3.07. The molecule has 1 amide bonds. The van der Waals surface area contributed by atoms with E-state index < -0.39 is 5.91 Å². The van der Waals surface area contributed by atoms with Crippen molar-refractivity contribution in [3.63, 3.8) is 0 Å². The largest absolute Gasteiger partial charge is 0.456 e. The van der Waals surface area contributed by atoms with E-state index in [4.69, 9.17) is 10.5 Å². The molecule has 0 radical (unpaired) electrons. The normalized spacial score (nSPS) is 10.9. The number of aryl methyl sites for hydroxylation is 2. The molecule has 0 bridgehead atoms. The van der Waals surface area contributed by atoms with E-state index in [0.29, 0.717) is 5.75 Å². The van der Waals surface area contributed by atoms with Crippen LogP contribution in [0.1, 0.15) is 11.1 Å². The van der Waals surface area contributed by atoms with Crippen molar-refractivity contribution >= 4 is 32.7 Å². The highest BCUT2D eigenvalue weighted by molar-refractivity contribution is 9.10. The second kappa shape index (κ2) is 6.04. The van der Waals surface area contributed by atoms with Gasteiger partial charge in [0, 0.05) is 5.39 Å². The Kier molecular flexibility index (Phi) is 4.09. The third-order valence-corrected chi connectivity index (χ3v) is 4.24. The van der Waals surface area contributed by atoms with Gasteiger partial charge in [0.15, 0.2) is 0 Å². The first-order valence-corrected chi connectivity index (χ1v) is 7.92. The first kappa shape index (κ1) is 15.6. The van der Waals surface area contributed by atoms with E-state index in [9.17, 15) is 4.79 Å². The van der Waals surface area contributed by atoms with Crippen LogP contribution >= 0.6 is 15.9 Å². The van der Waals surface area contributed by atoms with Crippen LogP contribution in [-0.2, 0) is 11.3 Å². The zero-order valence-corrected chi connectivity index (χ0v) is 14.4. The van der Waals surface area contributed by atoms with Gasteiger partial charge in [-0.05, 0) is 53.0 Å². The van der Waals surface area contributed by atoms with Crippen LogP contribution in [0.5, 0.6) is 11.5 Å². The lowest BCUT2D eigenvalue weighted by atomic mass is 10.1. The second-order valence-corrected chi connectivity index (χ2v) is 6.29. The SMILES string of the molecule is Cc1cccc(C)c1Oc1cc2cnn(CC(N)=O)c2cc1Br. The summed E-state index contributed by atoms with van der Waals surface area (Å²) in [6.45, 7) is 4.08. The molecule has 0 saturated carbocycles. The molecule has 0 spiro atoms. The maximum Gasteiger partial charge on any atom is 0.239 e. The number of ether oxygens (including phenoxy) is 1. The van der Waals surface area contributed by atoms with Crippen molar-refractivity contribution in [1.29, 1.82) is 0 Å². The molecule has 118 valence electrons. The van der Waals surface area contributed by atoms with Crippen molar-refractivity contribution in [1.82, 2.24) is 9.78 Å². The molecule has 1 aromatic heterocycles. The van der Waals surface area contributed by atoms with Gasteiger partial charge in [-0.1, -0.05) is 18.2 Å². The highest BCUT2D eigenvalue weighted by atomic mass is 79.9. The Morgan fingerprint density at radius 3 is 2.65 bits per heavy atom. The first-order valence-electron chi connectivity index (χ1n) is 7.13. The van der Waals surface area contributed by atoms with Crippen LogP contribution in [0.3, 0.4) is 0 Å². The molecule has 6 heteroatoms. The van der Waals surface area contributed by atoms with Crippen LogP contribution < -0.4 is 10.5 Å². The molecule has 2 N–H and O–H groups in total. The van der Waals surface area contributed by atoms with Crippen LogP contribution in [0.25, 0.3) is 10.9 Å². The second-order valence-electron chi connectivity index (χ2n) is 5.43. The maximum atomic E-state index is 11.1. The van der Waals surface area contributed by atoms with Gasteiger partial charge in [-0.25, -0.2) is 0 Å². The number of nitrogens with two attached hydrogens (primary N) is 1. The number of hydrogen-bond acceptors (Lipinski definition) is 3. The minimum absolute atomic E-state index is 0.0487. The number of primary amides is 1. The topological polar surface area (TPSA) is 70.1 Å². The molecule has 0 aliphatic rings. The Labute approximate surface area is 142 Å². The molecule has 2 aromatic carbocycles. The van der Waals surface area contributed by atoms with Crippen LogP contribution in [0.2, 0.25) is 0 Å². The number of aromatic nitrogens is 2. The van der Waals surface area contributed by atoms with E-state index >= 15 is 0 Å². The predicted octanol–water partition coefficient (Wildman–Crippen LogP) is 3.69. The summed E-state index contributed by atoms with van der Waals surface area (Å²) in [5.74, 6) is 1.12. The molecule has 5 nitrogen and oxygen atoms in total. The number of carbonyl (C=O) groups excluding carboxylic acids is 1. The zero-order valence-electron chi connectivity index (χ0n) is 12.8. The van der Waals surface area contributed by atoms with Gasteiger partial charge in [-0.2, -0.15) is 5.10 Å². The molecule has 0 fully saturated rings. The maximum absolute atomic E-state index is 11.1. The number of carbonyl (C=O) groups is 1. The fraction of sp³-hybridized carbons (Fsp3) is 0.176. The van der Waals surface area contributed by atoms with E-state index in [-0.39, 0.29) is 6.54 Å². The van der Waals surface area contributed by atoms with Crippen LogP contribution in [-0.4, -0.2) is 15.7 Å². The predicted molar refractivity (Wildman–Crippen MR) is 92.6 cm³/mol. The van der Waals surface area contributed by atoms with E-state index in [0.717, 1.165) is 32.3 Å². The zero-order chi connectivity index (χ0) is 16.6. The first-order chi connectivity index (χ1) is 11.0. The number of halogens is 1. The van der Waals surface area contributed by atoms with E-state index in [1.54, 1.807) is 10.9 Å². The molecule has 0 atom stereocenters. The summed E-state index contributed by atoms with van der Waals surface area (Å²) in [5, 5.41) is 5.08. The Morgan fingerprint density at radius 1 is 1.30 bits per heavy atom. The fourth-order valence-electron chi connectivity index (χ4n) is 2.50. The minimum atomic E-state index is -0.429. The fourth-order valence-corrected chi connectivity index (χ4v) is 2.91. The average Bonchev–Trinajstić information content (AvgIpc) is 2.84. The molecule has 0 aliphatic heterocycles. The summed E-state index contributed by atoms with van der Waals surface area (Å²) in [4.78, 5) is 11.1. The average molecular weight is 374 g/mol. The number of rotatable bonds is 4. The van der Waals surface area contributed by atoms with Gasteiger partial charge in [-0.15, -0.1) is 0 Å². The highest BCUT2D eigenvalue weighted by Crippen LogP contribution is 2.36. The van der Waals surface area contributed by atoms with Gasteiger partial charge in [0.25, 0.3) is 0 Å². The third-order valence-electron chi connectivity index (χ3n) is 3.62. The Morgan fingerprint density at radius 2 is 2.00 bits per heavy atom. The van der Waals surface area contributed by atoms with Gasteiger partial charge < -0.3 is 10.5 Å². The van der Waals surface area contributed by atoms with Crippen molar-refractivity contribution in [2.45, 2.75) is 20.4 Å². The summed E-state index contributed by atoms with van der Waals surface area (Å²) in [7, 11) is 0. The Hall–Kier alpha value is -2.34. The van der Waals surface area contributed by atoms with Crippen molar-refractivity contribution in [3.05, 3.63) is 52.1 Å². The van der Waals surface area contributed by atoms with E-state index in [1.165, 1.54) is 0 Å². The summed E-state index contributed by atoms with van der Waals surface area (Å²) >= 11 is 3.53. The number of benzene rings is 2. The lowest BCUT2D eigenvalue weighted by Gasteiger charge is -2.13. The minimum Gasteiger partial charge on any atom is -0.456 e. The standard InChI is InChI=1S/C17H16BrN3O2/c1-10-4-3-5-11(2)17(10)23-15-6-12-8-20-21(9-16(19)22)14(12)7-13(15)18/h3-8H,9H2,1-2H3,(H2,19,22). The number of hydrogen-bond donors (Lipinski definition) is 1. The smallest absolute Gasteiger partial charge is 0.239 e. The van der Waals surface area contributed by atoms with Crippen molar-refractivity contribution in [3.8, 4) is 11.5 Å². The Bertz CT molecular complexity index is 882. The number of para-hydroxylation sites is 1. The summed E-state index contributed by atoms with van der Waals surface area (Å²) in [6, 6.07) is 9.81.